The standard InChI is InChI=1S/C18H23BrN2O2/c1-4-8-23-18-15(19)9-14(10-17(18)22-3)11-20-12-16-13(2)6-5-7-21-16/h5-7,9-10,20H,4,8,11-12H2,1-3H3. The molecule has 1 aromatic carbocycles. The maximum absolute atomic E-state index is 5.75. The second kappa shape index (κ2) is 8.89. The smallest absolute Gasteiger partial charge is 0.175 e. The lowest BCUT2D eigenvalue weighted by molar-refractivity contribution is 0.292. The van der Waals surface area contributed by atoms with Gasteiger partial charge in [0.25, 0.3) is 0 Å². The normalized spacial score (nSPS) is 10.6. The van der Waals surface area contributed by atoms with Crippen LogP contribution in [0.1, 0.15) is 30.2 Å². The monoisotopic (exact) mass is 378 g/mol. The van der Waals surface area contributed by atoms with Gasteiger partial charge in [-0.25, -0.2) is 0 Å². The number of nitrogens with zero attached hydrogens (tertiary/aromatic N) is 1. The van der Waals surface area contributed by atoms with Gasteiger partial charge in [0.2, 0.25) is 0 Å². The Morgan fingerprint density at radius 2 is 2.09 bits per heavy atom. The highest BCUT2D eigenvalue weighted by atomic mass is 79.9. The molecule has 5 heteroatoms. The molecule has 0 fully saturated rings. The molecule has 0 aliphatic rings. The number of halogens is 1. The molecule has 0 unspecified atom stereocenters. The summed E-state index contributed by atoms with van der Waals surface area (Å²) in [6, 6.07) is 8.10. The van der Waals surface area contributed by atoms with Crippen LogP contribution in [0.4, 0.5) is 0 Å². The number of hydrogen-bond acceptors (Lipinski definition) is 4. The van der Waals surface area contributed by atoms with Gasteiger partial charge < -0.3 is 14.8 Å². The Bertz CT molecular complexity index is 647. The van der Waals surface area contributed by atoms with Crippen LogP contribution in [0.2, 0.25) is 0 Å². The minimum absolute atomic E-state index is 0.672. The molecule has 1 heterocycles. The van der Waals surface area contributed by atoms with Crippen LogP contribution < -0.4 is 14.8 Å². The number of nitrogens with one attached hydrogen (secondary N) is 1. The maximum atomic E-state index is 5.75. The summed E-state index contributed by atoms with van der Waals surface area (Å²) >= 11 is 3.57. The molecule has 0 aliphatic carbocycles. The van der Waals surface area contributed by atoms with E-state index in [0.29, 0.717) is 6.61 Å². The zero-order valence-electron chi connectivity index (χ0n) is 13.9. The van der Waals surface area contributed by atoms with Crippen LogP contribution in [-0.4, -0.2) is 18.7 Å². The van der Waals surface area contributed by atoms with Crippen molar-refractivity contribution in [2.75, 3.05) is 13.7 Å². The second-order valence-electron chi connectivity index (χ2n) is 5.33. The van der Waals surface area contributed by atoms with Crippen LogP contribution in [0.5, 0.6) is 11.5 Å². The summed E-state index contributed by atoms with van der Waals surface area (Å²) in [6.07, 6.45) is 2.78. The van der Waals surface area contributed by atoms with Gasteiger partial charge in [-0.15, -0.1) is 0 Å². The molecule has 0 amide bonds. The minimum atomic E-state index is 0.672. The number of rotatable bonds is 8. The average molecular weight is 379 g/mol. The zero-order chi connectivity index (χ0) is 16.7. The summed E-state index contributed by atoms with van der Waals surface area (Å²) < 4.78 is 12.1. The van der Waals surface area contributed by atoms with Crippen LogP contribution >= 0.6 is 15.9 Å². The highest BCUT2D eigenvalue weighted by molar-refractivity contribution is 9.10. The Hall–Kier alpha value is -1.59. The van der Waals surface area contributed by atoms with Gasteiger partial charge in [0.05, 0.1) is 23.9 Å². The molecule has 0 aliphatic heterocycles. The molecule has 4 nitrogen and oxygen atoms in total. The lowest BCUT2D eigenvalue weighted by atomic mass is 10.2. The lowest BCUT2D eigenvalue weighted by Crippen LogP contribution is -2.14. The van der Waals surface area contributed by atoms with Crippen molar-refractivity contribution in [3.05, 3.63) is 51.8 Å². The first-order valence-corrected chi connectivity index (χ1v) is 8.55. The van der Waals surface area contributed by atoms with Gasteiger partial charge in [-0.1, -0.05) is 13.0 Å². The topological polar surface area (TPSA) is 43.4 Å². The molecule has 0 spiro atoms. The predicted octanol–water partition coefficient (Wildman–Crippen LogP) is 4.24. The number of aryl methyl sites for hydroxylation is 1. The van der Waals surface area contributed by atoms with E-state index >= 15 is 0 Å². The first kappa shape index (κ1) is 17.8. The van der Waals surface area contributed by atoms with E-state index in [1.54, 1.807) is 7.11 Å². The fourth-order valence-electron chi connectivity index (χ4n) is 2.25. The van der Waals surface area contributed by atoms with E-state index in [1.807, 2.05) is 18.3 Å². The molecular weight excluding hydrogens is 356 g/mol. The highest BCUT2D eigenvalue weighted by Gasteiger charge is 2.11. The fraction of sp³-hybridized carbons (Fsp3) is 0.389. The van der Waals surface area contributed by atoms with Gasteiger partial charge in [0, 0.05) is 19.3 Å². The van der Waals surface area contributed by atoms with Crippen LogP contribution in [0, 0.1) is 6.92 Å². The highest BCUT2D eigenvalue weighted by Crippen LogP contribution is 2.36. The van der Waals surface area contributed by atoms with E-state index in [2.05, 4.69) is 52.2 Å². The summed E-state index contributed by atoms with van der Waals surface area (Å²) in [6.45, 7) is 6.30. The first-order valence-electron chi connectivity index (χ1n) is 7.76. The van der Waals surface area contributed by atoms with Crippen molar-refractivity contribution >= 4 is 15.9 Å². The number of aromatic nitrogens is 1. The number of ether oxygens (including phenoxy) is 2. The molecular formula is C18H23BrN2O2. The molecule has 2 rings (SSSR count). The first-order chi connectivity index (χ1) is 11.2. The lowest BCUT2D eigenvalue weighted by Gasteiger charge is -2.14. The molecule has 0 bridgehead atoms. The molecule has 2 aromatic rings. The number of pyridine rings is 1. The Balaban J connectivity index is 2.03. The summed E-state index contributed by atoms with van der Waals surface area (Å²) in [5.74, 6) is 1.51. The zero-order valence-corrected chi connectivity index (χ0v) is 15.4. The van der Waals surface area contributed by atoms with Crippen LogP contribution in [-0.2, 0) is 13.1 Å². The van der Waals surface area contributed by atoms with Gasteiger partial charge in [0.15, 0.2) is 11.5 Å². The molecule has 0 atom stereocenters. The summed E-state index contributed by atoms with van der Waals surface area (Å²) in [4.78, 5) is 4.39. The van der Waals surface area contributed by atoms with E-state index < -0.39 is 0 Å². The summed E-state index contributed by atoms with van der Waals surface area (Å²) in [5, 5.41) is 3.42. The summed E-state index contributed by atoms with van der Waals surface area (Å²) in [5.41, 5.74) is 3.40. The van der Waals surface area contributed by atoms with Gasteiger partial charge in [-0.2, -0.15) is 0 Å². The Kier molecular flexibility index (Phi) is 6.86. The van der Waals surface area contributed by atoms with E-state index in [4.69, 9.17) is 9.47 Å². The average Bonchev–Trinajstić information content (AvgIpc) is 2.55. The van der Waals surface area contributed by atoms with Crippen molar-refractivity contribution in [3.8, 4) is 11.5 Å². The van der Waals surface area contributed by atoms with Gasteiger partial charge in [-0.3, -0.25) is 4.98 Å². The quantitative estimate of drug-likeness (QED) is 0.745. The molecule has 1 aromatic heterocycles. The van der Waals surface area contributed by atoms with Crippen molar-refractivity contribution in [1.29, 1.82) is 0 Å². The van der Waals surface area contributed by atoms with Gasteiger partial charge in [0.1, 0.15) is 0 Å². The van der Waals surface area contributed by atoms with Crippen LogP contribution in [0.3, 0.4) is 0 Å². The van der Waals surface area contributed by atoms with E-state index in [9.17, 15) is 0 Å². The van der Waals surface area contributed by atoms with Crippen molar-refractivity contribution in [3.63, 3.8) is 0 Å². The number of hydrogen-bond donors (Lipinski definition) is 1. The third-order valence-corrected chi connectivity index (χ3v) is 4.07. The number of methoxy groups -OCH3 is 1. The summed E-state index contributed by atoms with van der Waals surface area (Å²) in [7, 11) is 1.66. The SMILES string of the molecule is CCCOc1c(Br)cc(CNCc2ncccc2C)cc1OC. The predicted molar refractivity (Wildman–Crippen MR) is 96.0 cm³/mol. The molecule has 23 heavy (non-hydrogen) atoms. The van der Waals surface area contributed by atoms with Crippen molar-refractivity contribution in [2.45, 2.75) is 33.4 Å². The molecule has 124 valence electrons. The van der Waals surface area contributed by atoms with Crippen molar-refractivity contribution < 1.29 is 9.47 Å². The Labute approximate surface area is 146 Å². The van der Waals surface area contributed by atoms with Gasteiger partial charge in [-0.05, 0) is 58.6 Å². The third-order valence-electron chi connectivity index (χ3n) is 3.48. The molecule has 0 saturated carbocycles. The fourth-order valence-corrected chi connectivity index (χ4v) is 2.85. The van der Waals surface area contributed by atoms with Crippen LogP contribution in [0.15, 0.2) is 34.9 Å². The largest absolute Gasteiger partial charge is 0.493 e. The number of benzene rings is 1. The minimum Gasteiger partial charge on any atom is -0.493 e. The van der Waals surface area contributed by atoms with E-state index in [1.165, 1.54) is 5.56 Å². The van der Waals surface area contributed by atoms with E-state index in [-0.39, 0.29) is 0 Å². The van der Waals surface area contributed by atoms with Crippen molar-refractivity contribution in [2.24, 2.45) is 0 Å². The van der Waals surface area contributed by atoms with Crippen LogP contribution in [0.25, 0.3) is 0 Å². The van der Waals surface area contributed by atoms with E-state index in [0.717, 1.165) is 46.7 Å². The molecule has 0 radical (unpaired) electrons. The maximum Gasteiger partial charge on any atom is 0.175 e. The molecule has 1 N–H and O–H groups in total. The third kappa shape index (κ3) is 4.94. The van der Waals surface area contributed by atoms with Crippen molar-refractivity contribution in [1.82, 2.24) is 10.3 Å². The van der Waals surface area contributed by atoms with Gasteiger partial charge >= 0.3 is 0 Å². The Morgan fingerprint density at radius 3 is 2.78 bits per heavy atom. The Morgan fingerprint density at radius 1 is 1.26 bits per heavy atom. The second-order valence-corrected chi connectivity index (χ2v) is 6.18. The molecule has 0 saturated heterocycles.